The lowest BCUT2D eigenvalue weighted by atomic mass is 10.2. The van der Waals surface area contributed by atoms with Gasteiger partial charge in [0.2, 0.25) is 11.8 Å². The molecule has 23 heavy (non-hydrogen) atoms. The molecule has 0 aromatic heterocycles. The van der Waals surface area contributed by atoms with Crippen molar-refractivity contribution in [1.82, 2.24) is 15.1 Å². The predicted molar refractivity (Wildman–Crippen MR) is 86.2 cm³/mol. The molecule has 0 radical (unpaired) electrons. The minimum atomic E-state index is -0.306. The molecule has 1 aromatic carbocycles. The Morgan fingerprint density at radius 1 is 1.43 bits per heavy atom. The van der Waals surface area contributed by atoms with Gasteiger partial charge in [-0.1, -0.05) is 12.1 Å². The summed E-state index contributed by atoms with van der Waals surface area (Å²) < 4.78 is 13.2. The molecule has 0 aliphatic carbocycles. The predicted octanol–water partition coefficient (Wildman–Crippen LogP) is 1.38. The monoisotopic (exact) mass is 321 g/mol. The number of benzene rings is 1. The van der Waals surface area contributed by atoms with E-state index in [4.69, 9.17) is 0 Å². The van der Waals surface area contributed by atoms with Crippen LogP contribution in [0.2, 0.25) is 0 Å². The second kappa shape index (κ2) is 8.06. The van der Waals surface area contributed by atoms with Crippen molar-refractivity contribution >= 4 is 11.8 Å². The fourth-order valence-corrected chi connectivity index (χ4v) is 2.73. The van der Waals surface area contributed by atoms with Crippen molar-refractivity contribution in [1.29, 1.82) is 0 Å². The molecular weight excluding hydrogens is 297 g/mol. The summed E-state index contributed by atoms with van der Waals surface area (Å²) in [6.45, 7) is 1.72. The highest BCUT2D eigenvalue weighted by molar-refractivity contribution is 5.82. The summed E-state index contributed by atoms with van der Waals surface area (Å²) in [5, 5.41) is 2.92. The zero-order valence-corrected chi connectivity index (χ0v) is 13.7. The van der Waals surface area contributed by atoms with E-state index in [1.54, 1.807) is 17.0 Å². The van der Waals surface area contributed by atoms with Crippen LogP contribution in [0.25, 0.3) is 0 Å². The summed E-state index contributed by atoms with van der Waals surface area (Å²) in [5.41, 5.74) is 0.760. The van der Waals surface area contributed by atoms with E-state index in [0.717, 1.165) is 18.5 Å². The number of halogens is 1. The van der Waals surface area contributed by atoms with Crippen LogP contribution in [0, 0.1) is 5.82 Å². The van der Waals surface area contributed by atoms with Crippen LogP contribution < -0.4 is 5.32 Å². The molecule has 1 aromatic rings. The van der Waals surface area contributed by atoms with Gasteiger partial charge in [0.1, 0.15) is 5.82 Å². The maximum Gasteiger partial charge on any atom is 0.225 e. The lowest BCUT2D eigenvalue weighted by molar-refractivity contribution is -0.128. The molecule has 0 saturated carbocycles. The van der Waals surface area contributed by atoms with Crippen LogP contribution in [-0.2, 0) is 16.1 Å². The number of amides is 2. The van der Waals surface area contributed by atoms with Crippen LogP contribution in [0.5, 0.6) is 0 Å². The second-order valence-electron chi connectivity index (χ2n) is 6.28. The third-order valence-electron chi connectivity index (χ3n) is 3.85. The minimum absolute atomic E-state index is 0.00662. The van der Waals surface area contributed by atoms with Crippen molar-refractivity contribution in [2.75, 3.05) is 27.2 Å². The van der Waals surface area contributed by atoms with Gasteiger partial charge in [0.05, 0.1) is 6.04 Å². The number of nitrogens with zero attached hydrogens (tertiary/aromatic N) is 2. The Morgan fingerprint density at radius 2 is 2.22 bits per heavy atom. The molecule has 0 bridgehead atoms. The molecule has 1 saturated heterocycles. The van der Waals surface area contributed by atoms with E-state index in [1.807, 2.05) is 19.0 Å². The van der Waals surface area contributed by atoms with Crippen LogP contribution in [0.1, 0.15) is 24.8 Å². The molecule has 0 spiro atoms. The Labute approximate surface area is 136 Å². The molecule has 2 rings (SSSR count). The average Bonchev–Trinajstić information content (AvgIpc) is 2.78. The number of hydrogen-bond acceptors (Lipinski definition) is 3. The maximum atomic E-state index is 13.2. The van der Waals surface area contributed by atoms with Gasteiger partial charge in [0.25, 0.3) is 0 Å². The zero-order valence-electron chi connectivity index (χ0n) is 13.7. The molecular formula is C17H24FN3O2. The fourth-order valence-electron chi connectivity index (χ4n) is 2.73. The van der Waals surface area contributed by atoms with E-state index in [0.29, 0.717) is 25.9 Å². The molecule has 1 aliphatic rings. The standard InChI is InChI=1S/C17H24FN3O2/c1-20(2)8-4-7-16(22)19-15-10-17(23)21(12-15)11-13-5-3-6-14(18)9-13/h3,5-6,9,15H,4,7-8,10-12H2,1-2H3,(H,19,22)/t15-/m0/s1. The highest BCUT2D eigenvalue weighted by Gasteiger charge is 2.30. The first-order valence-electron chi connectivity index (χ1n) is 7.90. The lowest BCUT2D eigenvalue weighted by Crippen LogP contribution is -2.37. The maximum absolute atomic E-state index is 13.2. The molecule has 1 atom stereocenters. The molecule has 5 nitrogen and oxygen atoms in total. The van der Waals surface area contributed by atoms with Crippen LogP contribution >= 0.6 is 0 Å². The Bertz CT molecular complexity index is 563. The molecule has 126 valence electrons. The van der Waals surface area contributed by atoms with Gasteiger partial charge in [-0.3, -0.25) is 9.59 Å². The Morgan fingerprint density at radius 3 is 2.91 bits per heavy atom. The van der Waals surface area contributed by atoms with E-state index < -0.39 is 0 Å². The summed E-state index contributed by atoms with van der Waals surface area (Å²) in [6, 6.07) is 6.09. The average molecular weight is 321 g/mol. The number of nitrogens with one attached hydrogen (secondary N) is 1. The molecule has 1 fully saturated rings. The lowest BCUT2D eigenvalue weighted by Gasteiger charge is -2.17. The third-order valence-corrected chi connectivity index (χ3v) is 3.85. The largest absolute Gasteiger partial charge is 0.351 e. The summed E-state index contributed by atoms with van der Waals surface area (Å²) in [4.78, 5) is 27.6. The summed E-state index contributed by atoms with van der Waals surface area (Å²) in [7, 11) is 3.94. The molecule has 2 amide bonds. The van der Waals surface area contributed by atoms with Gasteiger partial charge in [-0.05, 0) is 44.8 Å². The van der Waals surface area contributed by atoms with Crippen LogP contribution in [-0.4, -0.2) is 54.8 Å². The summed E-state index contributed by atoms with van der Waals surface area (Å²) in [6.07, 6.45) is 1.58. The minimum Gasteiger partial charge on any atom is -0.351 e. The van der Waals surface area contributed by atoms with E-state index in [9.17, 15) is 14.0 Å². The van der Waals surface area contributed by atoms with Gasteiger partial charge in [-0.2, -0.15) is 0 Å². The zero-order chi connectivity index (χ0) is 16.8. The van der Waals surface area contributed by atoms with Crippen LogP contribution in [0.4, 0.5) is 4.39 Å². The topological polar surface area (TPSA) is 52.7 Å². The molecule has 6 heteroatoms. The van der Waals surface area contributed by atoms with Gasteiger partial charge in [0, 0.05) is 25.9 Å². The van der Waals surface area contributed by atoms with Crippen LogP contribution in [0.15, 0.2) is 24.3 Å². The highest BCUT2D eigenvalue weighted by atomic mass is 19.1. The normalized spacial score (nSPS) is 17.8. The Kier molecular flexibility index (Phi) is 6.10. The van der Waals surface area contributed by atoms with Gasteiger partial charge < -0.3 is 15.1 Å². The van der Waals surface area contributed by atoms with Gasteiger partial charge in [-0.15, -0.1) is 0 Å². The number of hydrogen-bond donors (Lipinski definition) is 1. The van der Waals surface area contributed by atoms with E-state index in [-0.39, 0.29) is 23.7 Å². The van der Waals surface area contributed by atoms with Crippen molar-refractivity contribution in [3.63, 3.8) is 0 Å². The molecule has 1 N–H and O–H groups in total. The van der Waals surface area contributed by atoms with E-state index in [2.05, 4.69) is 5.32 Å². The smallest absolute Gasteiger partial charge is 0.225 e. The van der Waals surface area contributed by atoms with Crippen molar-refractivity contribution in [3.05, 3.63) is 35.6 Å². The number of carbonyl (C=O) groups excluding carboxylic acids is 2. The first-order valence-corrected chi connectivity index (χ1v) is 7.90. The van der Waals surface area contributed by atoms with Crippen molar-refractivity contribution < 1.29 is 14.0 Å². The first-order chi connectivity index (χ1) is 10.9. The van der Waals surface area contributed by atoms with Crippen molar-refractivity contribution in [3.8, 4) is 0 Å². The highest BCUT2D eigenvalue weighted by Crippen LogP contribution is 2.16. The number of likely N-dealkylation sites (tertiary alicyclic amines) is 1. The van der Waals surface area contributed by atoms with Gasteiger partial charge in [0.15, 0.2) is 0 Å². The van der Waals surface area contributed by atoms with Gasteiger partial charge >= 0.3 is 0 Å². The fraction of sp³-hybridized carbons (Fsp3) is 0.529. The quantitative estimate of drug-likeness (QED) is 0.825. The SMILES string of the molecule is CN(C)CCCC(=O)N[C@H]1CC(=O)N(Cc2cccc(F)c2)C1. The summed E-state index contributed by atoms with van der Waals surface area (Å²) in [5.74, 6) is -0.329. The van der Waals surface area contributed by atoms with Crippen LogP contribution in [0.3, 0.4) is 0 Å². The Hall–Kier alpha value is -1.95. The number of carbonyl (C=O) groups is 2. The molecule has 0 unspecified atom stereocenters. The van der Waals surface area contributed by atoms with E-state index in [1.165, 1.54) is 12.1 Å². The third kappa shape index (κ3) is 5.63. The Balaban J connectivity index is 1.79. The summed E-state index contributed by atoms with van der Waals surface area (Å²) >= 11 is 0. The number of rotatable bonds is 7. The van der Waals surface area contributed by atoms with Gasteiger partial charge in [-0.25, -0.2) is 4.39 Å². The second-order valence-corrected chi connectivity index (χ2v) is 6.28. The van der Waals surface area contributed by atoms with E-state index >= 15 is 0 Å². The molecule has 1 aliphatic heterocycles. The van der Waals surface area contributed by atoms with Crippen molar-refractivity contribution in [2.45, 2.75) is 31.8 Å². The molecule has 1 heterocycles. The van der Waals surface area contributed by atoms with Crippen molar-refractivity contribution in [2.24, 2.45) is 0 Å². The first kappa shape index (κ1) is 17.4.